The molecule has 0 bridgehead atoms. The maximum absolute atomic E-state index is 13.7. The summed E-state index contributed by atoms with van der Waals surface area (Å²) < 4.78 is 11.6. The maximum Gasteiger partial charge on any atom is 0.309 e. The Morgan fingerprint density at radius 2 is 1.81 bits per heavy atom. The predicted octanol–water partition coefficient (Wildman–Crippen LogP) is 6.20. The largest absolute Gasteiger partial charge is 0.463 e. The highest BCUT2D eigenvalue weighted by atomic mass is 35.5. The van der Waals surface area contributed by atoms with Crippen molar-refractivity contribution in [1.29, 1.82) is 0 Å². The number of halogens is 2. The van der Waals surface area contributed by atoms with E-state index in [1.54, 1.807) is 36.9 Å². The zero-order chi connectivity index (χ0) is 23.6. The summed E-state index contributed by atoms with van der Waals surface area (Å²) in [6.45, 7) is 10.1. The normalized spacial score (nSPS) is 19.0. The van der Waals surface area contributed by atoms with Crippen molar-refractivity contribution in [3.8, 4) is 0 Å². The number of carbonyl (C=O) groups is 2. The van der Waals surface area contributed by atoms with E-state index in [4.69, 9.17) is 32.7 Å². The summed E-state index contributed by atoms with van der Waals surface area (Å²) >= 11 is 12.9. The van der Waals surface area contributed by atoms with Gasteiger partial charge in [-0.3, -0.25) is 9.59 Å². The van der Waals surface area contributed by atoms with Crippen LogP contribution in [0.5, 0.6) is 0 Å². The van der Waals surface area contributed by atoms with Crippen molar-refractivity contribution in [1.82, 2.24) is 0 Å². The molecule has 0 radical (unpaired) electrons. The van der Waals surface area contributed by atoms with Gasteiger partial charge in [0.05, 0.1) is 12.5 Å². The van der Waals surface area contributed by atoms with Crippen LogP contribution in [-0.2, 0) is 19.1 Å². The standard InChI is InChI=1S/C25H29Cl2NO4/c1-15(2)31-22(29)13-21-24(30)28(14-25(3,4)5)20-11-10-16(26)12-18(20)23(32-21)17-8-6-7-9-19(17)27/h6-12,15,21,23H,13-14H2,1-5H3/t21-,23-/m1/s1. The summed E-state index contributed by atoms with van der Waals surface area (Å²) in [6, 6.07) is 12.7. The monoisotopic (exact) mass is 477 g/mol. The van der Waals surface area contributed by atoms with Gasteiger partial charge in [0.2, 0.25) is 0 Å². The van der Waals surface area contributed by atoms with Crippen molar-refractivity contribution in [2.24, 2.45) is 5.41 Å². The first-order valence-corrected chi connectivity index (χ1v) is 11.4. The summed E-state index contributed by atoms with van der Waals surface area (Å²) in [5.41, 5.74) is 1.92. The third kappa shape index (κ3) is 5.83. The van der Waals surface area contributed by atoms with E-state index in [1.165, 1.54) is 0 Å². The minimum absolute atomic E-state index is 0.194. The van der Waals surface area contributed by atoms with E-state index in [9.17, 15) is 9.59 Å². The number of ether oxygens (including phenoxy) is 2. The fourth-order valence-electron chi connectivity index (χ4n) is 3.73. The number of carbonyl (C=O) groups excluding carboxylic acids is 2. The van der Waals surface area contributed by atoms with Crippen molar-refractivity contribution in [3.05, 3.63) is 63.6 Å². The topological polar surface area (TPSA) is 55.8 Å². The van der Waals surface area contributed by atoms with Gasteiger partial charge in [0.15, 0.2) is 0 Å². The third-order valence-electron chi connectivity index (χ3n) is 4.94. The van der Waals surface area contributed by atoms with Crippen LogP contribution in [0.3, 0.4) is 0 Å². The van der Waals surface area contributed by atoms with Crippen molar-refractivity contribution >= 4 is 40.8 Å². The fourth-order valence-corrected chi connectivity index (χ4v) is 4.15. The lowest BCUT2D eigenvalue weighted by Crippen LogP contribution is -2.44. The van der Waals surface area contributed by atoms with Crippen LogP contribution in [0.2, 0.25) is 10.0 Å². The van der Waals surface area contributed by atoms with E-state index in [0.717, 1.165) is 5.56 Å². The smallest absolute Gasteiger partial charge is 0.309 e. The van der Waals surface area contributed by atoms with E-state index in [-0.39, 0.29) is 23.8 Å². The molecule has 2 aromatic carbocycles. The fraction of sp³-hybridized carbons (Fsp3) is 0.440. The molecule has 2 aromatic rings. The molecule has 1 amide bonds. The molecule has 0 spiro atoms. The molecule has 1 heterocycles. The van der Waals surface area contributed by atoms with E-state index >= 15 is 0 Å². The molecule has 3 rings (SSSR count). The van der Waals surface area contributed by atoms with E-state index in [2.05, 4.69) is 20.8 Å². The minimum Gasteiger partial charge on any atom is -0.463 e. The predicted molar refractivity (Wildman–Crippen MR) is 127 cm³/mol. The molecule has 0 N–H and O–H groups in total. The summed E-state index contributed by atoms with van der Waals surface area (Å²) in [5.74, 6) is -0.783. The maximum atomic E-state index is 13.7. The van der Waals surface area contributed by atoms with Gasteiger partial charge in [0.1, 0.15) is 12.2 Å². The first-order valence-electron chi connectivity index (χ1n) is 10.7. The SMILES string of the molecule is CC(C)OC(=O)C[C@H]1O[C@H](c2ccccc2Cl)c2cc(Cl)ccc2N(CC(C)(C)C)C1=O. The Morgan fingerprint density at radius 3 is 2.44 bits per heavy atom. The molecular weight excluding hydrogens is 449 g/mol. The van der Waals surface area contributed by atoms with Crippen molar-refractivity contribution in [2.45, 2.75) is 59.4 Å². The zero-order valence-electron chi connectivity index (χ0n) is 19.0. The Bertz CT molecular complexity index is 1000. The molecule has 0 saturated heterocycles. The van der Waals surface area contributed by atoms with Gasteiger partial charge >= 0.3 is 5.97 Å². The number of nitrogens with zero attached hydrogens (tertiary/aromatic N) is 1. The van der Waals surface area contributed by atoms with Gasteiger partial charge in [0.25, 0.3) is 5.91 Å². The highest BCUT2D eigenvalue weighted by Crippen LogP contribution is 2.42. The lowest BCUT2D eigenvalue weighted by Gasteiger charge is -2.31. The first kappa shape index (κ1) is 24.6. The van der Waals surface area contributed by atoms with Gasteiger partial charge in [-0.05, 0) is 43.5 Å². The summed E-state index contributed by atoms with van der Waals surface area (Å²) in [7, 11) is 0. The molecule has 0 fully saturated rings. The number of fused-ring (bicyclic) bond motifs is 1. The average molecular weight is 478 g/mol. The van der Waals surface area contributed by atoms with Crippen LogP contribution in [0.1, 0.15) is 58.3 Å². The number of hydrogen-bond donors (Lipinski definition) is 0. The number of amides is 1. The van der Waals surface area contributed by atoms with Gasteiger partial charge in [-0.2, -0.15) is 0 Å². The number of hydrogen-bond acceptors (Lipinski definition) is 4. The molecule has 5 nitrogen and oxygen atoms in total. The molecular formula is C25H29Cl2NO4. The van der Waals surface area contributed by atoms with Crippen LogP contribution in [0, 0.1) is 5.41 Å². The van der Waals surface area contributed by atoms with Gasteiger partial charge in [-0.25, -0.2) is 0 Å². The minimum atomic E-state index is -1.03. The number of esters is 1. The number of rotatable bonds is 5. The Hall–Kier alpha value is -2.08. The highest BCUT2D eigenvalue weighted by molar-refractivity contribution is 6.31. The van der Waals surface area contributed by atoms with Gasteiger partial charge in [-0.15, -0.1) is 0 Å². The Kier molecular flexibility index (Phi) is 7.53. The van der Waals surface area contributed by atoms with Crippen LogP contribution in [0.15, 0.2) is 42.5 Å². The molecule has 2 atom stereocenters. The Morgan fingerprint density at radius 1 is 1.12 bits per heavy atom. The summed E-state index contributed by atoms with van der Waals surface area (Å²) in [5, 5.41) is 1.02. The third-order valence-corrected chi connectivity index (χ3v) is 5.52. The van der Waals surface area contributed by atoms with Crippen molar-refractivity contribution in [3.63, 3.8) is 0 Å². The molecule has 172 valence electrons. The van der Waals surface area contributed by atoms with Crippen LogP contribution < -0.4 is 4.90 Å². The lowest BCUT2D eigenvalue weighted by molar-refractivity contribution is -0.155. The van der Waals surface area contributed by atoms with Crippen LogP contribution in [-0.4, -0.2) is 30.6 Å². The van der Waals surface area contributed by atoms with E-state index < -0.39 is 18.2 Å². The van der Waals surface area contributed by atoms with Crippen molar-refractivity contribution < 1.29 is 19.1 Å². The van der Waals surface area contributed by atoms with Crippen LogP contribution in [0.25, 0.3) is 0 Å². The van der Waals surface area contributed by atoms with Crippen LogP contribution in [0.4, 0.5) is 5.69 Å². The van der Waals surface area contributed by atoms with E-state index in [0.29, 0.717) is 27.8 Å². The van der Waals surface area contributed by atoms with E-state index in [1.807, 2.05) is 24.3 Å². The zero-order valence-corrected chi connectivity index (χ0v) is 20.5. The van der Waals surface area contributed by atoms with Crippen molar-refractivity contribution in [2.75, 3.05) is 11.4 Å². The molecule has 0 aliphatic carbocycles. The summed E-state index contributed by atoms with van der Waals surface area (Å²) in [4.78, 5) is 27.9. The van der Waals surface area contributed by atoms with Gasteiger partial charge in [0, 0.05) is 33.4 Å². The van der Waals surface area contributed by atoms with Crippen LogP contribution >= 0.6 is 23.2 Å². The molecule has 32 heavy (non-hydrogen) atoms. The second-order valence-electron chi connectivity index (χ2n) is 9.46. The quantitative estimate of drug-likeness (QED) is 0.480. The average Bonchev–Trinajstić information content (AvgIpc) is 2.77. The number of anilines is 1. The lowest BCUT2D eigenvalue weighted by atomic mass is 9.94. The Labute approximate surface area is 199 Å². The van der Waals surface area contributed by atoms with Gasteiger partial charge in [-0.1, -0.05) is 62.2 Å². The molecule has 1 aliphatic rings. The molecule has 7 heteroatoms. The second-order valence-corrected chi connectivity index (χ2v) is 10.3. The molecule has 1 aliphatic heterocycles. The summed E-state index contributed by atoms with van der Waals surface area (Å²) in [6.07, 6.45) is -2.19. The Balaban J connectivity index is 2.15. The second kappa shape index (κ2) is 9.82. The first-order chi connectivity index (χ1) is 15.0. The molecule has 0 aromatic heterocycles. The highest BCUT2D eigenvalue weighted by Gasteiger charge is 2.39. The molecule has 0 unspecified atom stereocenters. The molecule has 0 saturated carbocycles. The van der Waals surface area contributed by atoms with Gasteiger partial charge < -0.3 is 14.4 Å². The number of benzene rings is 2.